The molecule has 0 saturated carbocycles. The number of fused-ring (bicyclic) bond motifs is 1. The molecule has 0 aliphatic heterocycles. The van der Waals surface area contributed by atoms with Gasteiger partial charge in [0.05, 0.1) is 6.20 Å². The molecule has 0 amide bonds. The molecule has 0 atom stereocenters. The second-order valence-electron chi connectivity index (χ2n) is 3.27. The lowest BCUT2D eigenvalue weighted by Crippen LogP contribution is -1.65. The topological polar surface area (TPSA) is 26.0 Å². The quantitative estimate of drug-likeness (QED) is 0.682. The van der Waals surface area contributed by atoms with E-state index in [9.17, 15) is 0 Å². The largest absolute Gasteiger partial charge is 0.460 e. The van der Waals surface area contributed by atoms with E-state index in [2.05, 4.69) is 18.8 Å². The minimum atomic E-state index is 0.861. The van der Waals surface area contributed by atoms with Crippen LogP contribution in [0.1, 0.15) is 32.4 Å². The molecule has 0 fully saturated rings. The number of rotatable bonds is 1. The summed E-state index contributed by atoms with van der Waals surface area (Å²) < 4.78 is 5.31. The molecule has 76 valence electrons. The molecule has 0 N–H and O–H groups in total. The van der Waals surface area contributed by atoms with Crippen molar-refractivity contribution in [3.63, 3.8) is 0 Å². The molecule has 0 aromatic carbocycles. The fourth-order valence-corrected chi connectivity index (χ4v) is 1.02. The van der Waals surface area contributed by atoms with Crippen molar-refractivity contribution in [2.24, 2.45) is 0 Å². The molecule has 0 spiro atoms. The molecule has 0 unspecified atom stereocenters. The maximum absolute atomic E-state index is 5.31. The highest BCUT2D eigenvalue weighted by atomic mass is 16.3. The summed E-state index contributed by atoms with van der Waals surface area (Å²) in [6, 6.07) is 3.93. The Morgan fingerprint density at radius 2 is 2.00 bits per heavy atom. The summed E-state index contributed by atoms with van der Waals surface area (Å²) in [5.74, 6) is 0.933. The summed E-state index contributed by atoms with van der Waals surface area (Å²) in [5, 5.41) is 1.12. The molecule has 0 aliphatic carbocycles. The molecule has 2 aromatic heterocycles. The van der Waals surface area contributed by atoms with E-state index in [0.29, 0.717) is 0 Å². The molecule has 0 bridgehead atoms. The molecule has 0 radical (unpaired) electrons. The Bertz CT molecular complexity index is 343. The summed E-state index contributed by atoms with van der Waals surface area (Å²) in [6.45, 7) is 6.29. The molecular formula is C12H17NO. The van der Waals surface area contributed by atoms with Gasteiger partial charge in [0.15, 0.2) is 5.58 Å². The van der Waals surface area contributed by atoms with Crippen molar-refractivity contribution >= 4 is 11.0 Å². The first-order valence-electron chi connectivity index (χ1n) is 5.08. The number of hydrogen-bond donors (Lipinski definition) is 0. The molecular weight excluding hydrogens is 174 g/mol. The maximum Gasteiger partial charge on any atom is 0.152 e. The second kappa shape index (κ2) is 5.43. The van der Waals surface area contributed by atoms with Gasteiger partial charge in [0.2, 0.25) is 0 Å². The number of nitrogens with zero attached hydrogens (tertiary/aromatic N) is 1. The minimum absolute atomic E-state index is 0.861. The molecule has 2 rings (SSSR count). The first-order valence-corrected chi connectivity index (χ1v) is 5.08. The molecule has 0 aliphatic rings. The number of aryl methyl sites for hydroxylation is 1. The van der Waals surface area contributed by atoms with Crippen molar-refractivity contribution in [2.45, 2.75) is 33.6 Å². The smallest absolute Gasteiger partial charge is 0.152 e. The van der Waals surface area contributed by atoms with E-state index in [-0.39, 0.29) is 0 Å². The lowest BCUT2D eigenvalue weighted by atomic mass is 10.3. The van der Waals surface area contributed by atoms with E-state index in [0.717, 1.165) is 16.7 Å². The van der Waals surface area contributed by atoms with Gasteiger partial charge in [-0.3, -0.25) is 4.98 Å². The summed E-state index contributed by atoms with van der Waals surface area (Å²) in [6.07, 6.45) is 6.12. The Morgan fingerprint density at radius 1 is 1.29 bits per heavy atom. The third kappa shape index (κ3) is 2.87. The molecule has 2 nitrogen and oxygen atoms in total. The van der Waals surface area contributed by atoms with Gasteiger partial charge in [0.25, 0.3) is 0 Å². The van der Waals surface area contributed by atoms with Gasteiger partial charge in [-0.05, 0) is 19.1 Å². The van der Waals surface area contributed by atoms with Crippen LogP contribution in [-0.4, -0.2) is 4.98 Å². The molecule has 2 aromatic rings. The van der Waals surface area contributed by atoms with Crippen molar-refractivity contribution in [1.29, 1.82) is 0 Å². The van der Waals surface area contributed by atoms with Crippen LogP contribution in [0.15, 0.2) is 28.9 Å². The first-order chi connectivity index (χ1) is 6.77. The van der Waals surface area contributed by atoms with Crippen LogP contribution in [-0.2, 0) is 0 Å². The fraction of sp³-hybridized carbons (Fsp3) is 0.417. The van der Waals surface area contributed by atoms with E-state index >= 15 is 0 Å². The Morgan fingerprint density at radius 3 is 2.57 bits per heavy atom. The third-order valence-corrected chi connectivity index (χ3v) is 1.95. The summed E-state index contributed by atoms with van der Waals surface area (Å²) in [7, 11) is 0. The van der Waals surface area contributed by atoms with Crippen molar-refractivity contribution in [2.75, 3.05) is 0 Å². The van der Waals surface area contributed by atoms with Crippen LogP contribution in [0.25, 0.3) is 11.0 Å². The number of unbranched alkanes of at least 4 members (excludes halogenated alkanes) is 1. The Hall–Kier alpha value is -1.31. The van der Waals surface area contributed by atoms with Crippen molar-refractivity contribution in [1.82, 2.24) is 4.98 Å². The van der Waals surface area contributed by atoms with Crippen molar-refractivity contribution in [3.05, 3.63) is 30.3 Å². The lowest BCUT2D eigenvalue weighted by Gasteiger charge is -1.81. The number of furan rings is 1. The first kappa shape index (κ1) is 10.8. The number of aromatic nitrogens is 1. The van der Waals surface area contributed by atoms with E-state index in [1.807, 2.05) is 19.1 Å². The van der Waals surface area contributed by atoms with E-state index < -0.39 is 0 Å². The van der Waals surface area contributed by atoms with Gasteiger partial charge in [-0.25, -0.2) is 0 Å². The SMILES string of the molecule is CCCC.Cc1cc2ccncc2o1. The van der Waals surface area contributed by atoms with Gasteiger partial charge in [0, 0.05) is 11.6 Å². The molecule has 2 heterocycles. The van der Waals surface area contributed by atoms with Crippen LogP contribution in [0, 0.1) is 6.92 Å². The Kier molecular flexibility index (Phi) is 4.17. The van der Waals surface area contributed by atoms with Gasteiger partial charge in [0.1, 0.15) is 5.76 Å². The van der Waals surface area contributed by atoms with Crippen LogP contribution in [0.5, 0.6) is 0 Å². The van der Waals surface area contributed by atoms with Crippen LogP contribution in [0.2, 0.25) is 0 Å². The monoisotopic (exact) mass is 191 g/mol. The maximum atomic E-state index is 5.31. The van der Waals surface area contributed by atoms with Crippen molar-refractivity contribution in [3.8, 4) is 0 Å². The van der Waals surface area contributed by atoms with Crippen LogP contribution in [0.4, 0.5) is 0 Å². The second-order valence-corrected chi connectivity index (χ2v) is 3.27. The van der Waals surface area contributed by atoms with E-state index in [1.54, 1.807) is 12.4 Å². The lowest BCUT2D eigenvalue weighted by molar-refractivity contribution is 0.577. The standard InChI is InChI=1S/C8H7NO.C4H10/c1-6-4-7-2-3-9-5-8(7)10-6;1-3-4-2/h2-5H,1H3;3-4H2,1-2H3. The minimum Gasteiger partial charge on any atom is -0.460 e. The zero-order valence-corrected chi connectivity index (χ0v) is 9.08. The average molecular weight is 191 g/mol. The highest BCUT2D eigenvalue weighted by Gasteiger charge is 1.96. The van der Waals surface area contributed by atoms with E-state index in [1.165, 1.54) is 12.8 Å². The van der Waals surface area contributed by atoms with Crippen LogP contribution >= 0.6 is 0 Å². The molecule has 2 heteroatoms. The molecule has 0 saturated heterocycles. The zero-order valence-electron chi connectivity index (χ0n) is 9.08. The summed E-state index contributed by atoms with van der Waals surface area (Å²) in [5.41, 5.74) is 0.861. The summed E-state index contributed by atoms with van der Waals surface area (Å²) in [4.78, 5) is 3.93. The third-order valence-electron chi connectivity index (χ3n) is 1.95. The Labute approximate surface area is 85.0 Å². The van der Waals surface area contributed by atoms with Gasteiger partial charge in [-0.1, -0.05) is 26.7 Å². The van der Waals surface area contributed by atoms with E-state index in [4.69, 9.17) is 4.42 Å². The molecule has 14 heavy (non-hydrogen) atoms. The van der Waals surface area contributed by atoms with Crippen LogP contribution in [0.3, 0.4) is 0 Å². The highest BCUT2D eigenvalue weighted by Crippen LogP contribution is 2.15. The van der Waals surface area contributed by atoms with Gasteiger partial charge in [-0.2, -0.15) is 0 Å². The number of hydrogen-bond acceptors (Lipinski definition) is 2. The zero-order chi connectivity index (χ0) is 10.4. The summed E-state index contributed by atoms with van der Waals surface area (Å²) >= 11 is 0. The Balaban J connectivity index is 0.000000213. The normalized spacial score (nSPS) is 9.64. The average Bonchev–Trinajstić information content (AvgIpc) is 2.58. The number of pyridine rings is 1. The van der Waals surface area contributed by atoms with Gasteiger partial charge >= 0.3 is 0 Å². The highest BCUT2D eigenvalue weighted by molar-refractivity contribution is 5.76. The van der Waals surface area contributed by atoms with Crippen LogP contribution < -0.4 is 0 Å². The predicted molar refractivity (Wildman–Crippen MR) is 59.3 cm³/mol. The van der Waals surface area contributed by atoms with Gasteiger partial charge in [-0.15, -0.1) is 0 Å². The predicted octanol–water partition coefficient (Wildman–Crippen LogP) is 3.94. The fourth-order valence-electron chi connectivity index (χ4n) is 1.02. The van der Waals surface area contributed by atoms with Gasteiger partial charge < -0.3 is 4.42 Å². The van der Waals surface area contributed by atoms with Crippen molar-refractivity contribution < 1.29 is 4.42 Å².